The molecule has 1 aliphatic rings. The Morgan fingerprint density at radius 1 is 1.14 bits per heavy atom. The molecule has 0 aliphatic carbocycles. The second-order valence-corrected chi connectivity index (χ2v) is 10.8. The molecule has 0 spiro atoms. The number of phenolic OH excluding ortho intramolecular Hbond substituents is 1. The third-order valence-electron chi connectivity index (χ3n) is 6.61. The van der Waals surface area contributed by atoms with Crippen LogP contribution in [0.15, 0.2) is 60.7 Å². The summed E-state index contributed by atoms with van der Waals surface area (Å²) in [5.41, 5.74) is 2.56. The topological polar surface area (TPSA) is 49.8 Å². The number of benzene rings is 3. The number of alkyl halides is 1. The molecule has 0 amide bonds. The van der Waals surface area contributed by atoms with E-state index >= 15 is 0 Å². The lowest BCUT2D eigenvalue weighted by Crippen LogP contribution is -2.47. The summed E-state index contributed by atoms with van der Waals surface area (Å²) in [6, 6.07) is 18.2. The van der Waals surface area contributed by atoms with Crippen LogP contribution in [0.5, 0.6) is 17.2 Å². The molecule has 0 bridgehead atoms. The van der Waals surface area contributed by atoms with Gasteiger partial charge in [-0.05, 0) is 79.9 Å². The van der Waals surface area contributed by atoms with Crippen LogP contribution in [0.25, 0.3) is 10.1 Å². The molecule has 1 saturated heterocycles. The van der Waals surface area contributed by atoms with Gasteiger partial charge in [-0.1, -0.05) is 29.8 Å². The highest BCUT2D eigenvalue weighted by atomic mass is 35.5. The van der Waals surface area contributed by atoms with Gasteiger partial charge in [0, 0.05) is 39.7 Å². The third-order valence-corrected chi connectivity index (χ3v) is 7.98. The second-order valence-electron chi connectivity index (χ2n) is 9.36. The fraction of sp³-hybridized carbons (Fsp3) is 0.276. The minimum atomic E-state index is -0.218. The fourth-order valence-corrected chi connectivity index (χ4v) is 5.87. The molecule has 0 saturated carbocycles. The van der Waals surface area contributed by atoms with Crippen molar-refractivity contribution in [3.63, 3.8) is 0 Å². The Morgan fingerprint density at radius 3 is 2.67 bits per heavy atom. The Balaban J connectivity index is 1.35. The van der Waals surface area contributed by atoms with E-state index in [2.05, 4.69) is 4.90 Å². The maximum atomic E-state index is 13.6. The molecular formula is C29H27ClFNO3S. The first kappa shape index (κ1) is 24.8. The predicted octanol–water partition coefficient (Wildman–Crippen LogP) is 7.43. The largest absolute Gasteiger partial charge is 0.508 e. The molecular weight excluding hydrogens is 497 g/mol. The highest BCUT2D eigenvalue weighted by molar-refractivity contribution is 7.21. The number of carbonyl (C=O) groups excluding carboxylic acids is 1. The number of hydrogen-bond acceptors (Lipinski definition) is 5. The first-order chi connectivity index (χ1) is 17.4. The Labute approximate surface area is 218 Å². The number of aromatic hydroxyl groups is 1. The van der Waals surface area contributed by atoms with Crippen LogP contribution in [0.2, 0.25) is 5.02 Å². The maximum absolute atomic E-state index is 13.6. The first-order valence-electron chi connectivity index (χ1n) is 12.0. The van der Waals surface area contributed by atoms with Crippen LogP contribution in [0, 0.1) is 12.8 Å². The number of fused-ring (bicyclic) bond motifs is 1. The van der Waals surface area contributed by atoms with Gasteiger partial charge in [0.05, 0.1) is 6.67 Å². The molecule has 7 heteroatoms. The number of ketones is 1. The lowest BCUT2D eigenvalue weighted by molar-refractivity contribution is 0.0801. The van der Waals surface area contributed by atoms with Crippen molar-refractivity contribution in [2.75, 3.05) is 26.3 Å². The average molecular weight is 524 g/mol. The molecule has 1 fully saturated rings. The number of nitrogens with zero attached hydrogens (tertiary/aromatic N) is 1. The molecule has 0 radical (unpaired) electrons. The van der Waals surface area contributed by atoms with E-state index in [1.54, 1.807) is 30.3 Å². The Morgan fingerprint density at radius 2 is 1.92 bits per heavy atom. The predicted molar refractivity (Wildman–Crippen MR) is 144 cm³/mol. The van der Waals surface area contributed by atoms with Gasteiger partial charge in [-0.15, -0.1) is 11.3 Å². The van der Waals surface area contributed by atoms with Crippen molar-refractivity contribution < 1.29 is 19.0 Å². The van der Waals surface area contributed by atoms with Gasteiger partial charge in [0.1, 0.15) is 16.4 Å². The van der Waals surface area contributed by atoms with Crippen molar-refractivity contribution in [3.8, 4) is 17.2 Å². The molecule has 0 atom stereocenters. The van der Waals surface area contributed by atoms with Crippen LogP contribution in [0.1, 0.15) is 32.8 Å². The van der Waals surface area contributed by atoms with Crippen molar-refractivity contribution in [1.82, 2.24) is 4.90 Å². The van der Waals surface area contributed by atoms with E-state index < -0.39 is 0 Å². The summed E-state index contributed by atoms with van der Waals surface area (Å²) in [5, 5.41) is 11.2. The van der Waals surface area contributed by atoms with Gasteiger partial charge in [-0.25, -0.2) is 0 Å². The molecule has 5 rings (SSSR count). The summed E-state index contributed by atoms with van der Waals surface area (Å²) in [5.74, 6) is 1.31. The molecule has 1 aromatic heterocycles. The number of hydrogen-bond donors (Lipinski definition) is 1. The summed E-state index contributed by atoms with van der Waals surface area (Å²) in [7, 11) is 0. The Hall–Kier alpha value is -2.93. The molecule has 2 heterocycles. The summed E-state index contributed by atoms with van der Waals surface area (Å²) < 4.78 is 19.7. The van der Waals surface area contributed by atoms with Crippen LogP contribution < -0.4 is 4.74 Å². The SMILES string of the molecule is Cc1ccc(Cl)cc1C(=O)c1sc2cc(O)ccc2c1Oc1ccc(CCCN2CC(CF)C2)cc1. The van der Waals surface area contributed by atoms with Gasteiger partial charge in [-0.3, -0.25) is 9.18 Å². The van der Waals surface area contributed by atoms with E-state index in [9.17, 15) is 14.3 Å². The number of thiophene rings is 1. The molecule has 3 aromatic carbocycles. The summed E-state index contributed by atoms with van der Waals surface area (Å²) in [6.07, 6.45) is 1.96. The highest BCUT2D eigenvalue weighted by Gasteiger charge is 2.26. The Kier molecular flexibility index (Phi) is 7.28. The van der Waals surface area contributed by atoms with E-state index in [1.807, 2.05) is 37.3 Å². The van der Waals surface area contributed by atoms with E-state index in [1.165, 1.54) is 16.9 Å². The molecule has 36 heavy (non-hydrogen) atoms. The summed E-state index contributed by atoms with van der Waals surface area (Å²) >= 11 is 7.47. The van der Waals surface area contributed by atoms with Crippen LogP contribution in [-0.2, 0) is 6.42 Å². The number of halogens is 2. The van der Waals surface area contributed by atoms with Gasteiger partial charge >= 0.3 is 0 Å². The number of carbonyl (C=O) groups is 1. The smallest absolute Gasteiger partial charge is 0.207 e. The van der Waals surface area contributed by atoms with E-state index in [0.717, 1.165) is 48.1 Å². The molecule has 1 N–H and O–H groups in total. The normalized spacial score (nSPS) is 14.2. The van der Waals surface area contributed by atoms with Crippen molar-refractivity contribution >= 4 is 38.8 Å². The zero-order valence-corrected chi connectivity index (χ0v) is 21.5. The van der Waals surface area contributed by atoms with Gasteiger partial charge < -0.3 is 14.7 Å². The standard InChI is InChI=1S/C29H27ClFNO3S/c1-18-4-7-21(30)13-25(18)27(34)29-28(24-11-8-22(33)14-26(24)36-29)35-23-9-5-19(6-10-23)3-2-12-32-16-20(15-31)17-32/h4-11,13-14,20,33H,2-3,12,15-17H2,1H3. The number of aryl methyl sites for hydroxylation is 2. The minimum Gasteiger partial charge on any atom is -0.508 e. The average Bonchev–Trinajstić information content (AvgIpc) is 3.19. The monoisotopic (exact) mass is 523 g/mol. The van der Waals surface area contributed by atoms with E-state index in [-0.39, 0.29) is 24.1 Å². The number of likely N-dealkylation sites (tertiary alicyclic amines) is 1. The fourth-order valence-electron chi connectivity index (χ4n) is 4.58. The molecule has 186 valence electrons. The molecule has 0 unspecified atom stereocenters. The summed E-state index contributed by atoms with van der Waals surface area (Å²) in [4.78, 5) is 16.3. The third kappa shape index (κ3) is 5.26. The number of phenols is 1. The van der Waals surface area contributed by atoms with Crippen LogP contribution in [-0.4, -0.2) is 42.1 Å². The molecule has 1 aliphatic heterocycles. The highest BCUT2D eigenvalue weighted by Crippen LogP contribution is 2.43. The second kappa shape index (κ2) is 10.6. The zero-order valence-electron chi connectivity index (χ0n) is 20.0. The van der Waals surface area contributed by atoms with Gasteiger partial charge in [0.2, 0.25) is 5.78 Å². The first-order valence-corrected chi connectivity index (χ1v) is 13.2. The molecule has 4 nitrogen and oxygen atoms in total. The van der Waals surface area contributed by atoms with Crippen LogP contribution in [0.4, 0.5) is 4.39 Å². The van der Waals surface area contributed by atoms with Crippen molar-refractivity contribution in [2.24, 2.45) is 5.92 Å². The van der Waals surface area contributed by atoms with Crippen molar-refractivity contribution in [2.45, 2.75) is 19.8 Å². The van der Waals surface area contributed by atoms with Gasteiger partial charge in [0.15, 0.2) is 5.75 Å². The molecule has 4 aromatic rings. The maximum Gasteiger partial charge on any atom is 0.207 e. The van der Waals surface area contributed by atoms with Gasteiger partial charge in [-0.2, -0.15) is 0 Å². The summed E-state index contributed by atoms with van der Waals surface area (Å²) in [6.45, 7) is 4.38. The van der Waals surface area contributed by atoms with Crippen molar-refractivity contribution in [3.05, 3.63) is 87.3 Å². The van der Waals surface area contributed by atoms with Crippen LogP contribution >= 0.6 is 22.9 Å². The van der Waals surface area contributed by atoms with Crippen molar-refractivity contribution in [1.29, 1.82) is 0 Å². The van der Waals surface area contributed by atoms with E-state index in [4.69, 9.17) is 16.3 Å². The van der Waals surface area contributed by atoms with Gasteiger partial charge in [0.25, 0.3) is 0 Å². The number of rotatable bonds is 9. The quantitative estimate of drug-likeness (QED) is 0.232. The lowest BCUT2D eigenvalue weighted by atomic mass is 10.0. The Bertz CT molecular complexity index is 1400. The number of ether oxygens (including phenoxy) is 1. The lowest BCUT2D eigenvalue weighted by Gasteiger charge is -2.37. The minimum absolute atomic E-state index is 0.135. The van der Waals surface area contributed by atoms with Crippen LogP contribution in [0.3, 0.4) is 0 Å². The van der Waals surface area contributed by atoms with E-state index in [0.29, 0.717) is 27.0 Å². The zero-order chi connectivity index (χ0) is 25.2.